The van der Waals surface area contributed by atoms with E-state index >= 15 is 0 Å². The van der Waals surface area contributed by atoms with Gasteiger partial charge in [-0.1, -0.05) is 17.7 Å². The summed E-state index contributed by atoms with van der Waals surface area (Å²) in [4.78, 5) is 32.8. The molecule has 0 saturated heterocycles. The molecule has 0 aliphatic heterocycles. The number of aryl methyl sites for hydroxylation is 1. The van der Waals surface area contributed by atoms with Gasteiger partial charge in [0.15, 0.2) is 12.3 Å². The second kappa shape index (κ2) is 7.83. The maximum Gasteiger partial charge on any atom is 0.359 e. The highest BCUT2D eigenvalue weighted by atomic mass is 35.5. The van der Waals surface area contributed by atoms with Crippen molar-refractivity contribution >= 4 is 23.5 Å². The number of halogens is 2. The average molecular weight is 352 g/mol. The third-order valence-corrected chi connectivity index (χ3v) is 3.55. The van der Waals surface area contributed by atoms with Crippen molar-refractivity contribution in [3.8, 4) is 0 Å². The van der Waals surface area contributed by atoms with Crippen LogP contribution >= 0.6 is 11.6 Å². The Morgan fingerprint density at radius 2 is 2.04 bits per heavy atom. The molecule has 2 rings (SSSR count). The number of carbonyl (C=O) groups excluding carboxylic acids is 2. The van der Waals surface area contributed by atoms with Gasteiger partial charge in [0.2, 0.25) is 0 Å². The van der Waals surface area contributed by atoms with Gasteiger partial charge in [0.05, 0.1) is 11.9 Å². The summed E-state index contributed by atoms with van der Waals surface area (Å²) >= 11 is 5.92. The maximum atomic E-state index is 13.7. The number of carbonyl (C=O) groups is 2. The van der Waals surface area contributed by atoms with Gasteiger partial charge in [-0.05, 0) is 19.1 Å². The van der Waals surface area contributed by atoms with Crippen LogP contribution in [0.4, 0.5) is 4.39 Å². The summed E-state index contributed by atoms with van der Waals surface area (Å²) in [6.45, 7) is 1.21. The average Bonchev–Trinajstić information content (AvgIpc) is 2.56. The van der Waals surface area contributed by atoms with Crippen molar-refractivity contribution in [3.63, 3.8) is 0 Å². The first-order valence-electron chi connectivity index (χ1n) is 7.01. The Kier molecular flexibility index (Phi) is 5.81. The predicted octanol–water partition coefficient (Wildman–Crippen LogP) is 2.39. The van der Waals surface area contributed by atoms with Crippen LogP contribution in [0.5, 0.6) is 0 Å². The van der Waals surface area contributed by atoms with Crippen LogP contribution in [-0.2, 0) is 16.1 Å². The molecular weight excluding hydrogens is 337 g/mol. The molecule has 1 heterocycles. The lowest BCUT2D eigenvalue weighted by molar-refractivity contribution is -0.133. The summed E-state index contributed by atoms with van der Waals surface area (Å²) in [6, 6.07) is 4.28. The van der Waals surface area contributed by atoms with Crippen LogP contribution in [0.1, 0.15) is 21.7 Å². The van der Waals surface area contributed by atoms with E-state index in [9.17, 15) is 14.0 Å². The number of benzene rings is 1. The molecule has 0 radical (unpaired) electrons. The van der Waals surface area contributed by atoms with Crippen molar-refractivity contribution in [3.05, 3.63) is 58.4 Å². The van der Waals surface area contributed by atoms with Gasteiger partial charge >= 0.3 is 5.97 Å². The van der Waals surface area contributed by atoms with Crippen molar-refractivity contribution < 1.29 is 18.7 Å². The number of hydrogen-bond acceptors (Lipinski definition) is 5. The Hall–Kier alpha value is -2.54. The van der Waals surface area contributed by atoms with Crippen LogP contribution in [0.15, 0.2) is 30.6 Å². The SMILES string of the molecule is Cc1cnc(C(=O)OCC(=O)N(C)Cc2c(F)cccc2Cl)cn1. The van der Waals surface area contributed by atoms with Crippen molar-refractivity contribution in [2.75, 3.05) is 13.7 Å². The van der Waals surface area contributed by atoms with Crippen LogP contribution in [0, 0.1) is 12.7 Å². The largest absolute Gasteiger partial charge is 0.451 e. The molecule has 0 fully saturated rings. The lowest BCUT2D eigenvalue weighted by Crippen LogP contribution is -2.31. The molecule has 0 saturated carbocycles. The van der Waals surface area contributed by atoms with Crippen molar-refractivity contribution in [2.45, 2.75) is 13.5 Å². The molecule has 6 nitrogen and oxygen atoms in total. The molecule has 0 unspecified atom stereocenters. The molecule has 0 N–H and O–H groups in total. The maximum absolute atomic E-state index is 13.7. The molecule has 0 atom stereocenters. The van der Waals surface area contributed by atoms with Gasteiger partial charge in [-0.15, -0.1) is 0 Å². The van der Waals surface area contributed by atoms with E-state index in [0.29, 0.717) is 5.69 Å². The van der Waals surface area contributed by atoms with Crippen LogP contribution < -0.4 is 0 Å². The summed E-state index contributed by atoms with van der Waals surface area (Å²) < 4.78 is 18.6. The lowest BCUT2D eigenvalue weighted by Gasteiger charge is -2.18. The summed E-state index contributed by atoms with van der Waals surface area (Å²) in [5.41, 5.74) is 0.864. The van der Waals surface area contributed by atoms with E-state index in [1.165, 1.54) is 42.5 Å². The Morgan fingerprint density at radius 3 is 2.67 bits per heavy atom. The lowest BCUT2D eigenvalue weighted by atomic mass is 10.2. The van der Waals surface area contributed by atoms with Gasteiger partial charge in [0.25, 0.3) is 5.91 Å². The monoisotopic (exact) mass is 351 g/mol. The number of hydrogen-bond donors (Lipinski definition) is 0. The van der Waals surface area contributed by atoms with Crippen LogP contribution in [0.2, 0.25) is 5.02 Å². The number of aromatic nitrogens is 2. The minimum atomic E-state index is -0.756. The fourth-order valence-electron chi connectivity index (χ4n) is 1.82. The third kappa shape index (κ3) is 4.48. The molecule has 126 valence electrons. The molecule has 0 aliphatic rings. The van der Waals surface area contributed by atoms with Crippen molar-refractivity contribution in [1.29, 1.82) is 0 Å². The highest BCUT2D eigenvalue weighted by Crippen LogP contribution is 2.20. The Bertz CT molecular complexity index is 732. The first-order chi connectivity index (χ1) is 11.4. The molecule has 0 bridgehead atoms. The second-order valence-corrected chi connectivity index (χ2v) is 5.48. The summed E-state index contributed by atoms with van der Waals surface area (Å²) in [5, 5.41) is 0.224. The van der Waals surface area contributed by atoms with E-state index in [1.54, 1.807) is 6.92 Å². The van der Waals surface area contributed by atoms with E-state index in [-0.39, 0.29) is 22.8 Å². The van der Waals surface area contributed by atoms with Crippen molar-refractivity contribution in [1.82, 2.24) is 14.9 Å². The highest BCUT2D eigenvalue weighted by molar-refractivity contribution is 6.31. The molecule has 0 spiro atoms. The third-order valence-electron chi connectivity index (χ3n) is 3.20. The second-order valence-electron chi connectivity index (χ2n) is 5.07. The molecule has 1 amide bonds. The zero-order chi connectivity index (χ0) is 17.7. The quantitative estimate of drug-likeness (QED) is 0.773. The van der Waals surface area contributed by atoms with E-state index in [0.717, 1.165) is 0 Å². The predicted molar refractivity (Wildman–Crippen MR) is 84.9 cm³/mol. The molecular formula is C16H15ClFN3O3. The number of rotatable bonds is 5. The van der Waals surface area contributed by atoms with E-state index in [2.05, 4.69) is 9.97 Å². The number of ether oxygens (including phenoxy) is 1. The minimum absolute atomic E-state index is 0.00759. The Morgan fingerprint density at radius 1 is 1.29 bits per heavy atom. The van der Waals surface area contributed by atoms with Crippen molar-refractivity contribution in [2.24, 2.45) is 0 Å². The molecule has 24 heavy (non-hydrogen) atoms. The van der Waals surface area contributed by atoms with Gasteiger partial charge in [0, 0.05) is 30.4 Å². The topological polar surface area (TPSA) is 72.4 Å². The highest BCUT2D eigenvalue weighted by Gasteiger charge is 2.17. The van der Waals surface area contributed by atoms with Gasteiger partial charge in [-0.25, -0.2) is 14.2 Å². The number of amides is 1. The fourth-order valence-corrected chi connectivity index (χ4v) is 2.04. The van der Waals surface area contributed by atoms with Gasteiger partial charge < -0.3 is 9.64 Å². The summed E-state index contributed by atoms with van der Waals surface area (Å²) in [7, 11) is 1.46. The van der Waals surface area contributed by atoms with Gasteiger partial charge in [-0.2, -0.15) is 0 Å². The van der Waals surface area contributed by atoms with Gasteiger partial charge in [0.1, 0.15) is 5.82 Å². The summed E-state index contributed by atoms with van der Waals surface area (Å²) in [5.74, 6) is -1.76. The molecule has 1 aromatic carbocycles. The number of esters is 1. The van der Waals surface area contributed by atoms with Crippen LogP contribution in [-0.4, -0.2) is 40.4 Å². The fraction of sp³-hybridized carbons (Fsp3) is 0.250. The first-order valence-corrected chi connectivity index (χ1v) is 7.39. The minimum Gasteiger partial charge on any atom is -0.451 e. The summed E-state index contributed by atoms with van der Waals surface area (Å²) in [6.07, 6.45) is 2.69. The smallest absolute Gasteiger partial charge is 0.359 e. The number of nitrogens with zero attached hydrogens (tertiary/aromatic N) is 3. The zero-order valence-electron chi connectivity index (χ0n) is 13.1. The van der Waals surface area contributed by atoms with E-state index < -0.39 is 24.3 Å². The molecule has 2 aromatic rings. The number of likely N-dealkylation sites (N-methyl/N-ethyl adjacent to an activating group) is 1. The van der Waals surface area contributed by atoms with Gasteiger partial charge in [-0.3, -0.25) is 9.78 Å². The van der Waals surface area contributed by atoms with Crippen LogP contribution in [0.25, 0.3) is 0 Å². The molecule has 0 aliphatic carbocycles. The Balaban J connectivity index is 1.92. The van der Waals surface area contributed by atoms with E-state index in [4.69, 9.17) is 16.3 Å². The van der Waals surface area contributed by atoms with E-state index in [1.807, 2.05) is 0 Å². The first kappa shape index (κ1) is 17.8. The standard InChI is InChI=1S/C16H15ClFN3O3/c1-10-6-20-14(7-19-10)16(23)24-9-15(22)21(2)8-11-12(17)4-3-5-13(11)18/h3-7H,8-9H2,1-2H3. The Labute approximate surface area is 143 Å². The molecule has 1 aromatic heterocycles. The molecule has 8 heteroatoms. The zero-order valence-corrected chi connectivity index (χ0v) is 13.9. The van der Waals surface area contributed by atoms with Crippen LogP contribution in [0.3, 0.4) is 0 Å². The normalized spacial score (nSPS) is 10.3.